The maximum atomic E-state index is 10.5. The van der Waals surface area contributed by atoms with Gasteiger partial charge in [-0.1, -0.05) is 0 Å². The molecule has 2 aliphatic rings. The fraction of sp³-hybridized carbons (Fsp3) is 0.818. The van der Waals surface area contributed by atoms with Gasteiger partial charge in [0.05, 0.1) is 12.4 Å². The second-order valence-corrected chi connectivity index (χ2v) is 4.73. The Morgan fingerprint density at radius 1 is 1.56 bits per heavy atom. The standard InChI is InChI=1S/C11H19N3O2/c12-7(11(15)16)5-6-10-13-8-3-1-2-4-9(8)14-10/h7-9H,1-6,12H2,(H,13,14)(H,15,16)/t7-,8?,9?/m0/s1. The summed E-state index contributed by atoms with van der Waals surface area (Å²) in [5.41, 5.74) is 5.41. The van der Waals surface area contributed by atoms with Gasteiger partial charge in [0, 0.05) is 6.04 Å². The van der Waals surface area contributed by atoms with E-state index in [-0.39, 0.29) is 0 Å². The Labute approximate surface area is 95.1 Å². The Hall–Kier alpha value is -1.10. The van der Waals surface area contributed by atoms with Crippen molar-refractivity contribution in [1.29, 1.82) is 0 Å². The van der Waals surface area contributed by atoms with Crippen molar-refractivity contribution in [2.24, 2.45) is 5.73 Å². The Kier molecular flexibility index (Phi) is 3.43. The lowest BCUT2D eigenvalue weighted by Gasteiger charge is -2.18. The van der Waals surface area contributed by atoms with Gasteiger partial charge in [-0.05, 0) is 32.1 Å². The molecule has 16 heavy (non-hydrogen) atoms. The molecule has 3 atom stereocenters. The first-order valence-electron chi connectivity index (χ1n) is 6.02. The molecule has 0 saturated heterocycles. The Morgan fingerprint density at radius 3 is 3.00 bits per heavy atom. The second-order valence-electron chi connectivity index (χ2n) is 4.73. The molecule has 90 valence electrons. The molecule has 0 aromatic heterocycles. The zero-order chi connectivity index (χ0) is 11.5. The number of nitrogens with one attached hydrogen (secondary N) is 2. The number of hydrogen-bond donors (Lipinski definition) is 3. The summed E-state index contributed by atoms with van der Waals surface area (Å²) in [6.45, 7) is 0. The van der Waals surface area contributed by atoms with Crippen LogP contribution in [0.15, 0.2) is 0 Å². The van der Waals surface area contributed by atoms with Crippen LogP contribution in [0.1, 0.15) is 38.5 Å². The first kappa shape index (κ1) is 11.4. The van der Waals surface area contributed by atoms with Gasteiger partial charge >= 0.3 is 0 Å². The minimum Gasteiger partial charge on any atom is -0.548 e. The molecule has 0 amide bonds. The lowest BCUT2D eigenvalue weighted by atomic mass is 9.92. The number of fused-ring (bicyclic) bond motifs is 1. The average Bonchev–Trinajstić information content (AvgIpc) is 2.68. The predicted molar refractivity (Wildman–Crippen MR) is 57.4 cm³/mol. The summed E-state index contributed by atoms with van der Waals surface area (Å²) in [5, 5.41) is 13.9. The van der Waals surface area contributed by atoms with Gasteiger partial charge in [0.15, 0.2) is 0 Å². The number of carboxylic acids is 1. The third kappa shape index (κ3) is 2.52. The van der Waals surface area contributed by atoms with Crippen LogP contribution >= 0.6 is 0 Å². The van der Waals surface area contributed by atoms with Crippen molar-refractivity contribution in [3.05, 3.63) is 0 Å². The lowest BCUT2D eigenvalue weighted by molar-refractivity contribution is -0.499. The highest BCUT2D eigenvalue weighted by Gasteiger charge is 2.36. The molecular formula is C11H19N3O2. The van der Waals surface area contributed by atoms with Crippen molar-refractivity contribution in [3.63, 3.8) is 0 Å². The maximum Gasteiger partial charge on any atom is 0.243 e. The number of carbonyl (C=O) groups is 1. The number of aliphatic carboxylic acids is 1. The molecule has 4 N–H and O–H groups in total. The number of hydrogen-bond acceptors (Lipinski definition) is 4. The zero-order valence-corrected chi connectivity index (χ0v) is 9.37. The van der Waals surface area contributed by atoms with E-state index in [0.29, 0.717) is 24.9 Å². The van der Waals surface area contributed by atoms with Gasteiger partial charge in [-0.15, -0.1) is 0 Å². The third-order valence-corrected chi connectivity index (χ3v) is 3.49. The van der Waals surface area contributed by atoms with E-state index in [2.05, 4.69) is 10.3 Å². The molecule has 1 fully saturated rings. The van der Waals surface area contributed by atoms with E-state index in [4.69, 9.17) is 5.73 Å². The second kappa shape index (κ2) is 4.82. The minimum absolute atomic E-state index is 0.428. The SMILES string of the molecule is N[C@@H](CCC1=[NH+]C2CCCCC2N1)C(=O)[O-]. The number of carbonyl (C=O) groups excluding carboxylic acids is 1. The van der Waals surface area contributed by atoms with Gasteiger partial charge in [0.1, 0.15) is 12.1 Å². The van der Waals surface area contributed by atoms with Crippen LogP contribution in [0.5, 0.6) is 0 Å². The van der Waals surface area contributed by atoms with E-state index in [9.17, 15) is 9.90 Å². The van der Waals surface area contributed by atoms with Crippen LogP contribution in [0.4, 0.5) is 0 Å². The van der Waals surface area contributed by atoms with Crippen LogP contribution < -0.4 is 21.1 Å². The zero-order valence-electron chi connectivity index (χ0n) is 9.37. The third-order valence-electron chi connectivity index (χ3n) is 3.49. The molecule has 1 aliphatic carbocycles. The van der Waals surface area contributed by atoms with Crippen LogP contribution in [0.3, 0.4) is 0 Å². The topological polar surface area (TPSA) is 92.2 Å². The maximum absolute atomic E-state index is 10.5. The fourth-order valence-electron chi connectivity index (χ4n) is 2.53. The summed E-state index contributed by atoms with van der Waals surface area (Å²) >= 11 is 0. The smallest absolute Gasteiger partial charge is 0.243 e. The molecular weight excluding hydrogens is 206 g/mol. The largest absolute Gasteiger partial charge is 0.548 e. The molecule has 0 aromatic rings. The van der Waals surface area contributed by atoms with Crippen LogP contribution in [-0.2, 0) is 4.79 Å². The van der Waals surface area contributed by atoms with Gasteiger partial charge in [-0.25, -0.2) is 0 Å². The fourth-order valence-corrected chi connectivity index (χ4v) is 2.53. The molecule has 5 heteroatoms. The Balaban J connectivity index is 1.81. The molecule has 1 aliphatic heterocycles. The molecule has 5 nitrogen and oxygen atoms in total. The van der Waals surface area contributed by atoms with Crippen LogP contribution in [0.2, 0.25) is 0 Å². The highest BCUT2D eigenvalue weighted by Crippen LogP contribution is 2.17. The van der Waals surface area contributed by atoms with Crippen LogP contribution in [0.25, 0.3) is 0 Å². The van der Waals surface area contributed by atoms with E-state index in [1.165, 1.54) is 25.7 Å². The molecule has 1 saturated carbocycles. The number of carboxylic acid groups (broad SMARTS) is 1. The molecule has 0 spiro atoms. The molecule has 0 aromatic carbocycles. The molecule has 0 bridgehead atoms. The predicted octanol–water partition coefficient (Wildman–Crippen LogP) is -2.76. The summed E-state index contributed by atoms with van der Waals surface area (Å²) in [4.78, 5) is 13.9. The molecule has 2 rings (SSSR count). The van der Waals surface area contributed by atoms with E-state index in [0.717, 1.165) is 5.84 Å². The van der Waals surface area contributed by atoms with E-state index < -0.39 is 12.0 Å². The van der Waals surface area contributed by atoms with Crippen LogP contribution in [-0.4, -0.2) is 29.9 Å². The van der Waals surface area contributed by atoms with Crippen molar-refractivity contribution in [1.82, 2.24) is 5.32 Å². The summed E-state index contributed by atoms with van der Waals surface area (Å²) < 4.78 is 0. The Bertz CT molecular complexity index is 304. The van der Waals surface area contributed by atoms with Gasteiger partial charge in [-0.2, -0.15) is 0 Å². The summed E-state index contributed by atoms with van der Waals surface area (Å²) in [6.07, 6.45) is 6.06. The van der Waals surface area contributed by atoms with Crippen molar-refractivity contribution in [2.45, 2.75) is 56.7 Å². The van der Waals surface area contributed by atoms with Crippen molar-refractivity contribution >= 4 is 11.8 Å². The molecule has 2 unspecified atom stereocenters. The summed E-state index contributed by atoms with van der Waals surface area (Å²) in [6, 6.07) is 0.199. The highest BCUT2D eigenvalue weighted by molar-refractivity contribution is 5.79. The first-order valence-corrected chi connectivity index (χ1v) is 6.02. The Morgan fingerprint density at radius 2 is 2.31 bits per heavy atom. The quantitative estimate of drug-likeness (QED) is 0.483. The van der Waals surface area contributed by atoms with Crippen molar-refractivity contribution < 1.29 is 14.9 Å². The number of amidine groups is 1. The van der Waals surface area contributed by atoms with E-state index >= 15 is 0 Å². The lowest BCUT2D eigenvalue weighted by Crippen LogP contribution is -2.78. The van der Waals surface area contributed by atoms with Gasteiger partial charge in [0.25, 0.3) is 0 Å². The minimum atomic E-state index is -1.17. The summed E-state index contributed by atoms with van der Waals surface area (Å²) in [5.74, 6) is -0.121. The molecule has 1 heterocycles. The monoisotopic (exact) mass is 225 g/mol. The van der Waals surface area contributed by atoms with Gasteiger partial charge < -0.3 is 15.6 Å². The first-order chi connectivity index (χ1) is 7.66. The number of nitrogens with two attached hydrogens (primary N) is 1. The van der Waals surface area contributed by atoms with E-state index in [1.807, 2.05) is 0 Å². The van der Waals surface area contributed by atoms with Gasteiger partial charge in [-0.3, -0.25) is 10.3 Å². The van der Waals surface area contributed by atoms with Gasteiger partial charge in [0.2, 0.25) is 5.84 Å². The van der Waals surface area contributed by atoms with Crippen molar-refractivity contribution in [3.8, 4) is 0 Å². The summed E-state index contributed by atoms with van der Waals surface area (Å²) in [7, 11) is 0. The molecule has 0 radical (unpaired) electrons. The van der Waals surface area contributed by atoms with E-state index in [1.54, 1.807) is 0 Å². The normalized spacial score (nSPS) is 30.2. The van der Waals surface area contributed by atoms with Crippen LogP contribution in [0, 0.1) is 0 Å². The number of rotatable bonds is 4. The highest BCUT2D eigenvalue weighted by atomic mass is 16.4. The average molecular weight is 225 g/mol. The van der Waals surface area contributed by atoms with Crippen molar-refractivity contribution in [2.75, 3.05) is 0 Å².